The first-order valence-electron chi connectivity index (χ1n) is 7.55. The molecule has 132 valence electrons. The molecule has 1 aromatic rings. The van der Waals surface area contributed by atoms with Gasteiger partial charge in [0.1, 0.15) is 6.04 Å². The number of carbonyl (C=O) groups is 3. The zero-order valence-corrected chi connectivity index (χ0v) is 13.8. The van der Waals surface area contributed by atoms with Crippen molar-refractivity contribution in [2.45, 2.75) is 31.5 Å². The van der Waals surface area contributed by atoms with Gasteiger partial charge in [0.25, 0.3) is 5.91 Å². The standard InChI is InChI=1S/C16H23N3O5/c1-10(14(21)19-13(9-20)16(23)24-2)18-15(22)12(17)8-11-6-4-3-5-7-11/h3-7,10,12-13,20H,8-9,17H2,1-2H3,(H,18,22)(H,19,21)/p+1/t10-,12-,13-/m1/s1. The lowest BCUT2D eigenvalue weighted by Gasteiger charge is -2.19. The largest absolute Gasteiger partial charge is 0.467 e. The smallest absolute Gasteiger partial charge is 0.330 e. The van der Waals surface area contributed by atoms with Crippen molar-refractivity contribution in [2.24, 2.45) is 0 Å². The van der Waals surface area contributed by atoms with E-state index in [1.807, 2.05) is 30.3 Å². The Morgan fingerprint density at radius 3 is 2.33 bits per heavy atom. The van der Waals surface area contributed by atoms with Crippen molar-refractivity contribution in [1.82, 2.24) is 10.6 Å². The molecule has 0 unspecified atom stereocenters. The molecule has 1 rings (SSSR count). The molecule has 0 aromatic heterocycles. The average molecular weight is 338 g/mol. The highest BCUT2D eigenvalue weighted by Gasteiger charge is 2.26. The summed E-state index contributed by atoms with van der Waals surface area (Å²) in [5.74, 6) is -1.73. The molecule has 0 saturated heterocycles. The molecule has 6 N–H and O–H groups in total. The van der Waals surface area contributed by atoms with Gasteiger partial charge in [-0.3, -0.25) is 9.59 Å². The maximum Gasteiger partial charge on any atom is 0.330 e. The van der Waals surface area contributed by atoms with E-state index in [0.29, 0.717) is 6.42 Å². The molecule has 8 nitrogen and oxygen atoms in total. The van der Waals surface area contributed by atoms with Crippen LogP contribution < -0.4 is 16.4 Å². The van der Waals surface area contributed by atoms with Crippen LogP contribution in [0.3, 0.4) is 0 Å². The summed E-state index contributed by atoms with van der Waals surface area (Å²) in [4.78, 5) is 35.4. The highest BCUT2D eigenvalue weighted by atomic mass is 16.5. The molecule has 0 aliphatic rings. The lowest BCUT2D eigenvalue weighted by molar-refractivity contribution is -0.403. The van der Waals surface area contributed by atoms with E-state index in [4.69, 9.17) is 5.11 Å². The summed E-state index contributed by atoms with van der Waals surface area (Å²) < 4.78 is 4.46. The van der Waals surface area contributed by atoms with Crippen LogP contribution in [0.4, 0.5) is 0 Å². The van der Waals surface area contributed by atoms with Crippen molar-refractivity contribution in [3.8, 4) is 0 Å². The highest BCUT2D eigenvalue weighted by Crippen LogP contribution is 2.01. The topological polar surface area (TPSA) is 132 Å². The fourth-order valence-corrected chi connectivity index (χ4v) is 2.01. The molecule has 8 heteroatoms. The molecule has 0 fully saturated rings. The van der Waals surface area contributed by atoms with Crippen LogP contribution >= 0.6 is 0 Å². The fraction of sp³-hybridized carbons (Fsp3) is 0.438. The van der Waals surface area contributed by atoms with Gasteiger partial charge in [-0.05, 0) is 12.5 Å². The molecule has 0 saturated carbocycles. The van der Waals surface area contributed by atoms with E-state index in [1.165, 1.54) is 6.92 Å². The zero-order chi connectivity index (χ0) is 18.1. The first-order valence-corrected chi connectivity index (χ1v) is 7.55. The van der Waals surface area contributed by atoms with Crippen LogP contribution in [0.1, 0.15) is 12.5 Å². The summed E-state index contributed by atoms with van der Waals surface area (Å²) in [6.45, 7) is 0.888. The number of methoxy groups -OCH3 is 1. The number of quaternary nitrogens is 1. The van der Waals surface area contributed by atoms with Crippen LogP contribution in [0.5, 0.6) is 0 Å². The monoisotopic (exact) mass is 338 g/mol. The number of benzene rings is 1. The van der Waals surface area contributed by atoms with Crippen molar-refractivity contribution in [1.29, 1.82) is 0 Å². The van der Waals surface area contributed by atoms with Gasteiger partial charge in [0.2, 0.25) is 5.91 Å². The van der Waals surface area contributed by atoms with Gasteiger partial charge in [0.05, 0.1) is 13.7 Å². The molecule has 0 bridgehead atoms. The third kappa shape index (κ3) is 5.98. The van der Waals surface area contributed by atoms with Crippen molar-refractivity contribution >= 4 is 17.8 Å². The van der Waals surface area contributed by atoms with Gasteiger partial charge in [-0.2, -0.15) is 0 Å². The lowest BCUT2D eigenvalue weighted by atomic mass is 10.1. The molecule has 0 heterocycles. The number of aliphatic hydroxyl groups excluding tert-OH is 1. The second kappa shape index (κ2) is 9.64. The molecule has 24 heavy (non-hydrogen) atoms. The Bertz CT molecular complexity index is 564. The van der Waals surface area contributed by atoms with Crippen molar-refractivity contribution in [3.63, 3.8) is 0 Å². The van der Waals surface area contributed by atoms with Gasteiger partial charge in [-0.1, -0.05) is 30.3 Å². The third-order valence-electron chi connectivity index (χ3n) is 3.43. The molecule has 0 spiro atoms. The Balaban J connectivity index is 2.53. The second-order valence-electron chi connectivity index (χ2n) is 5.38. The molecule has 0 aliphatic carbocycles. The number of ether oxygens (including phenoxy) is 1. The number of hydrogen-bond donors (Lipinski definition) is 4. The van der Waals surface area contributed by atoms with E-state index in [9.17, 15) is 14.4 Å². The van der Waals surface area contributed by atoms with E-state index in [-0.39, 0.29) is 5.91 Å². The molecule has 0 radical (unpaired) electrons. The summed E-state index contributed by atoms with van der Waals surface area (Å²) in [7, 11) is 1.15. The van der Waals surface area contributed by atoms with Crippen molar-refractivity contribution < 1.29 is 30.0 Å². The van der Waals surface area contributed by atoms with E-state index in [2.05, 4.69) is 21.1 Å². The van der Waals surface area contributed by atoms with E-state index in [1.54, 1.807) is 0 Å². The first-order chi connectivity index (χ1) is 11.4. The van der Waals surface area contributed by atoms with Crippen LogP contribution in [-0.4, -0.2) is 54.7 Å². The van der Waals surface area contributed by atoms with Gasteiger partial charge in [-0.15, -0.1) is 0 Å². The van der Waals surface area contributed by atoms with E-state index >= 15 is 0 Å². The SMILES string of the molecule is COC(=O)[C@@H](CO)NC(=O)[C@@H](C)NC(=O)[C@H]([NH3+])Cc1ccccc1. The highest BCUT2D eigenvalue weighted by molar-refractivity contribution is 5.91. The maximum atomic E-state index is 12.1. The van der Waals surface area contributed by atoms with Gasteiger partial charge in [0.15, 0.2) is 12.1 Å². The van der Waals surface area contributed by atoms with Crippen LogP contribution in [0.15, 0.2) is 30.3 Å². The summed E-state index contributed by atoms with van der Waals surface area (Å²) in [5.41, 5.74) is 4.77. The molecule has 2 amide bonds. The summed E-state index contributed by atoms with van der Waals surface area (Å²) >= 11 is 0. The van der Waals surface area contributed by atoms with Gasteiger partial charge < -0.3 is 26.2 Å². The average Bonchev–Trinajstić information content (AvgIpc) is 2.59. The molecule has 1 aromatic carbocycles. The zero-order valence-electron chi connectivity index (χ0n) is 13.8. The Labute approximate surface area is 140 Å². The first kappa shape index (κ1) is 19.6. The Morgan fingerprint density at radius 1 is 1.17 bits per heavy atom. The number of amides is 2. The van der Waals surface area contributed by atoms with Gasteiger partial charge >= 0.3 is 5.97 Å². The number of rotatable bonds is 8. The minimum Gasteiger partial charge on any atom is -0.467 e. The van der Waals surface area contributed by atoms with E-state index < -0.39 is 36.6 Å². The van der Waals surface area contributed by atoms with Gasteiger partial charge in [0, 0.05) is 6.42 Å². The summed E-state index contributed by atoms with van der Waals surface area (Å²) in [6, 6.07) is 6.81. The van der Waals surface area contributed by atoms with E-state index in [0.717, 1.165) is 12.7 Å². The predicted molar refractivity (Wildman–Crippen MR) is 85.5 cm³/mol. The predicted octanol–water partition coefficient (Wildman–Crippen LogP) is -2.01. The van der Waals surface area contributed by atoms with Gasteiger partial charge in [-0.25, -0.2) is 4.79 Å². The quantitative estimate of drug-likeness (QED) is 0.407. The number of esters is 1. The Morgan fingerprint density at radius 2 is 1.79 bits per heavy atom. The number of aliphatic hydroxyl groups is 1. The molecule has 3 atom stereocenters. The fourth-order valence-electron chi connectivity index (χ4n) is 2.01. The number of nitrogens with one attached hydrogen (secondary N) is 2. The minimum absolute atomic E-state index is 0.375. The normalized spacial score (nSPS) is 14.2. The van der Waals surface area contributed by atoms with Crippen LogP contribution in [-0.2, 0) is 25.5 Å². The van der Waals surface area contributed by atoms with Crippen LogP contribution in [0, 0.1) is 0 Å². The third-order valence-corrected chi connectivity index (χ3v) is 3.43. The number of hydrogen-bond acceptors (Lipinski definition) is 5. The lowest BCUT2D eigenvalue weighted by Crippen LogP contribution is -2.69. The molecular weight excluding hydrogens is 314 g/mol. The Hall–Kier alpha value is -2.45. The Kier molecular flexibility index (Phi) is 7.87. The summed E-state index contributed by atoms with van der Waals surface area (Å²) in [5, 5.41) is 13.9. The van der Waals surface area contributed by atoms with Crippen LogP contribution in [0.25, 0.3) is 0 Å². The van der Waals surface area contributed by atoms with Crippen molar-refractivity contribution in [2.75, 3.05) is 13.7 Å². The number of carbonyl (C=O) groups excluding carboxylic acids is 3. The molecular formula is C16H24N3O5+. The maximum absolute atomic E-state index is 12.1. The molecule has 0 aliphatic heterocycles. The second-order valence-corrected chi connectivity index (χ2v) is 5.38. The van der Waals surface area contributed by atoms with Crippen molar-refractivity contribution in [3.05, 3.63) is 35.9 Å². The minimum atomic E-state index is -1.17. The summed E-state index contributed by atoms with van der Waals surface area (Å²) in [6.07, 6.45) is 0.447. The van der Waals surface area contributed by atoms with Crippen LogP contribution in [0.2, 0.25) is 0 Å².